The molecule has 2 aromatic rings. The molecule has 0 fully saturated rings. The molecular weight excluding hydrogens is 384 g/mol. The highest BCUT2D eigenvalue weighted by molar-refractivity contribution is 9.10. The van der Waals surface area contributed by atoms with Gasteiger partial charge in [-0.05, 0) is 36.4 Å². The molecule has 6 heteroatoms. The van der Waals surface area contributed by atoms with E-state index in [1.54, 1.807) is 62.6 Å². The fourth-order valence-electron chi connectivity index (χ4n) is 2.19. The van der Waals surface area contributed by atoms with Crippen molar-refractivity contribution in [2.45, 2.75) is 12.8 Å². The van der Waals surface area contributed by atoms with Crippen LogP contribution in [0, 0.1) is 0 Å². The van der Waals surface area contributed by atoms with Crippen molar-refractivity contribution in [1.82, 2.24) is 4.90 Å². The number of hydrogen-bond donors (Lipinski definition) is 1. The van der Waals surface area contributed by atoms with Crippen molar-refractivity contribution in [2.75, 3.05) is 19.4 Å². The monoisotopic (exact) mass is 402 g/mol. The summed E-state index contributed by atoms with van der Waals surface area (Å²) < 4.78 is 0.901. The summed E-state index contributed by atoms with van der Waals surface area (Å²) in [5.74, 6) is -0.412. The Kier molecular flexibility index (Phi) is 6.47. The molecule has 25 heavy (non-hydrogen) atoms. The maximum absolute atomic E-state index is 12.1. The summed E-state index contributed by atoms with van der Waals surface area (Å²) in [5, 5.41) is 2.73. The Balaban J connectivity index is 1.86. The second-order valence-corrected chi connectivity index (χ2v) is 6.67. The van der Waals surface area contributed by atoms with Gasteiger partial charge in [0.05, 0.1) is 0 Å². The highest BCUT2D eigenvalue weighted by atomic mass is 79.9. The second kappa shape index (κ2) is 8.58. The first-order valence-corrected chi connectivity index (χ1v) is 8.56. The third-order valence-electron chi connectivity index (χ3n) is 3.57. The molecule has 0 saturated carbocycles. The first-order chi connectivity index (χ1) is 11.9. The van der Waals surface area contributed by atoms with Crippen molar-refractivity contribution >= 4 is 39.2 Å². The van der Waals surface area contributed by atoms with Gasteiger partial charge in [-0.2, -0.15) is 0 Å². The number of ketones is 1. The summed E-state index contributed by atoms with van der Waals surface area (Å²) >= 11 is 3.32. The van der Waals surface area contributed by atoms with Crippen LogP contribution < -0.4 is 5.32 Å². The van der Waals surface area contributed by atoms with E-state index in [1.165, 1.54) is 4.90 Å². The molecule has 0 unspecified atom stereocenters. The molecule has 130 valence electrons. The molecule has 0 bridgehead atoms. The van der Waals surface area contributed by atoms with Crippen molar-refractivity contribution in [1.29, 1.82) is 0 Å². The molecule has 0 aliphatic rings. The van der Waals surface area contributed by atoms with E-state index in [9.17, 15) is 14.4 Å². The lowest BCUT2D eigenvalue weighted by Crippen LogP contribution is -2.21. The molecule has 2 amide bonds. The fraction of sp³-hybridized carbons (Fsp3) is 0.211. The molecular formula is C19H19BrN2O3. The zero-order chi connectivity index (χ0) is 18.4. The van der Waals surface area contributed by atoms with E-state index < -0.39 is 0 Å². The Morgan fingerprint density at radius 1 is 0.880 bits per heavy atom. The Hall–Kier alpha value is -2.47. The molecule has 0 aromatic heterocycles. The molecule has 0 heterocycles. The lowest BCUT2D eigenvalue weighted by molar-refractivity contribution is -0.116. The number of benzene rings is 2. The number of nitrogens with one attached hydrogen (secondary N) is 1. The third-order valence-corrected chi connectivity index (χ3v) is 4.10. The minimum atomic E-state index is -0.239. The summed E-state index contributed by atoms with van der Waals surface area (Å²) in [4.78, 5) is 37.3. The number of halogens is 1. The molecule has 0 radical (unpaired) electrons. The van der Waals surface area contributed by atoms with Crippen molar-refractivity contribution in [3.63, 3.8) is 0 Å². The van der Waals surface area contributed by atoms with Crippen LogP contribution in [0.4, 0.5) is 5.69 Å². The van der Waals surface area contributed by atoms with Crippen LogP contribution in [-0.2, 0) is 4.79 Å². The van der Waals surface area contributed by atoms with E-state index in [4.69, 9.17) is 0 Å². The highest BCUT2D eigenvalue weighted by Gasteiger charge is 2.11. The van der Waals surface area contributed by atoms with Crippen LogP contribution in [0.3, 0.4) is 0 Å². The topological polar surface area (TPSA) is 66.5 Å². The van der Waals surface area contributed by atoms with E-state index in [0.717, 1.165) is 4.47 Å². The smallest absolute Gasteiger partial charge is 0.253 e. The van der Waals surface area contributed by atoms with E-state index in [0.29, 0.717) is 16.8 Å². The second-order valence-electron chi connectivity index (χ2n) is 5.76. The summed E-state index contributed by atoms with van der Waals surface area (Å²) in [6.07, 6.45) is 0.248. The van der Waals surface area contributed by atoms with Gasteiger partial charge in [-0.1, -0.05) is 28.1 Å². The molecule has 2 rings (SSSR count). The van der Waals surface area contributed by atoms with Crippen molar-refractivity contribution in [2.24, 2.45) is 0 Å². The zero-order valence-electron chi connectivity index (χ0n) is 14.1. The average molecular weight is 403 g/mol. The van der Waals surface area contributed by atoms with Gasteiger partial charge in [0.25, 0.3) is 5.91 Å². The Bertz CT molecular complexity index is 768. The van der Waals surface area contributed by atoms with Gasteiger partial charge in [-0.15, -0.1) is 0 Å². The molecule has 1 N–H and O–H groups in total. The van der Waals surface area contributed by atoms with Gasteiger partial charge in [0.2, 0.25) is 5.91 Å². The van der Waals surface area contributed by atoms with E-state index in [-0.39, 0.29) is 30.4 Å². The fourth-order valence-corrected chi connectivity index (χ4v) is 2.45. The van der Waals surface area contributed by atoms with E-state index in [2.05, 4.69) is 21.2 Å². The number of hydrogen-bond acceptors (Lipinski definition) is 3. The lowest BCUT2D eigenvalue weighted by atomic mass is 10.1. The number of anilines is 1. The Labute approximate surface area is 155 Å². The van der Waals surface area contributed by atoms with Crippen LogP contribution in [0.2, 0.25) is 0 Å². The molecule has 0 spiro atoms. The summed E-state index contributed by atoms with van der Waals surface area (Å²) in [6, 6.07) is 13.7. The molecule has 0 aliphatic heterocycles. The van der Waals surface area contributed by atoms with E-state index >= 15 is 0 Å². The van der Waals surface area contributed by atoms with E-state index in [1.807, 2.05) is 0 Å². The number of Topliss-reactive ketones (excluding diaryl/α,β-unsaturated/α-hetero) is 1. The number of carbonyl (C=O) groups excluding carboxylic acids is 3. The zero-order valence-corrected chi connectivity index (χ0v) is 15.7. The van der Waals surface area contributed by atoms with Crippen molar-refractivity contribution in [3.05, 3.63) is 64.1 Å². The number of nitrogens with zero attached hydrogens (tertiary/aromatic N) is 1. The van der Waals surface area contributed by atoms with Crippen LogP contribution in [-0.4, -0.2) is 36.6 Å². The third kappa shape index (κ3) is 5.53. The Morgan fingerprint density at radius 2 is 1.44 bits per heavy atom. The van der Waals surface area contributed by atoms with Gasteiger partial charge in [0.1, 0.15) is 0 Å². The summed E-state index contributed by atoms with van der Waals surface area (Å²) in [5.41, 5.74) is 1.73. The minimum absolute atomic E-state index is 0.0745. The molecule has 2 aromatic carbocycles. The van der Waals surface area contributed by atoms with Crippen LogP contribution in [0.1, 0.15) is 33.6 Å². The SMILES string of the molecule is CN(C)C(=O)c1ccc(NC(=O)CCC(=O)c2ccc(Br)cc2)cc1. The van der Waals surface area contributed by atoms with Crippen molar-refractivity contribution in [3.8, 4) is 0 Å². The van der Waals surface area contributed by atoms with Gasteiger partial charge in [-0.3, -0.25) is 14.4 Å². The lowest BCUT2D eigenvalue weighted by Gasteiger charge is -2.11. The maximum atomic E-state index is 12.1. The van der Waals surface area contributed by atoms with Gasteiger partial charge >= 0.3 is 0 Å². The van der Waals surface area contributed by atoms with Crippen LogP contribution in [0.25, 0.3) is 0 Å². The minimum Gasteiger partial charge on any atom is -0.345 e. The first kappa shape index (κ1) is 18.9. The average Bonchev–Trinajstić information content (AvgIpc) is 2.60. The maximum Gasteiger partial charge on any atom is 0.253 e. The number of rotatable bonds is 6. The number of amides is 2. The van der Waals surface area contributed by atoms with Crippen LogP contribution in [0.5, 0.6) is 0 Å². The quantitative estimate of drug-likeness (QED) is 0.748. The van der Waals surface area contributed by atoms with Gasteiger partial charge in [-0.25, -0.2) is 0 Å². The predicted octanol–water partition coefficient (Wildman–Crippen LogP) is 3.75. The summed E-state index contributed by atoms with van der Waals surface area (Å²) in [6.45, 7) is 0. The molecule has 0 atom stereocenters. The van der Waals surface area contributed by atoms with Gasteiger partial charge in [0.15, 0.2) is 5.78 Å². The number of carbonyl (C=O) groups is 3. The van der Waals surface area contributed by atoms with Crippen LogP contribution >= 0.6 is 15.9 Å². The molecule has 0 aliphatic carbocycles. The van der Waals surface area contributed by atoms with Crippen LogP contribution in [0.15, 0.2) is 53.0 Å². The molecule has 0 saturated heterocycles. The van der Waals surface area contributed by atoms with Gasteiger partial charge in [0, 0.05) is 48.2 Å². The standard InChI is InChI=1S/C19H19BrN2O3/c1-22(2)19(25)14-5-9-16(10-6-14)21-18(24)12-11-17(23)13-3-7-15(20)8-4-13/h3-10H,11-12H2,1-2H3,(H,21,24). The predicted molar refractivity (Wildman–Crippen MR) is 101 cm³/mol. The van der Waals surface area contributed by atoms with Crippen molar-refractivity contribution < 1.29 is 14.4 Å². The summed E-state index contributed by atoms with van der Waals surface area (Å²) in [7, 11) is 3.36. The normalized spacial score (nSPS) is 10.2. The highest BCUT2D eigenvalue weighted by Crippen LogP contribution is 2.14. The largest absolute Gasteiger partial charge is 0.345 e. The first-order valence-electron chi connectivity index (χ1n) is 7.77. The molecule has 5 nitrogen and oxygen atoms in total. The van der Waals surface area contributed by atoms with Gasteiger partial charge < -0.3 is 10.2 Å². The Morgan fingerprint density at radius 3 is 2.00 bits per heavy atom.